The maximum atomic E-state index is 10.8. The van der Waals surface area contributed by atoms with Crippen LogP contribution >= 0.6 is 0 Å². The lowest BCUT2D eigenvalue weighted by atomic mass is 10.1. The number of nitrogens with two attached hydrogens (primary N) is 2. The van der Waals surface area contributed by atoms with Gasteiger partial charge in [0.2, 0.25) is 5.96 Å². The summed E-state index contributed by atoms with van der Waals surface area (Å²) in [6.45, 7) is 0. The number of hydrogen-bond donors (Lipinski definition) is 3. The van der Waals surface area contributed by atoms with Crippen molar-refractivity contribution in [3.8, 4) is 0 Å². The summed E-state index contributed by atoms with van der Waals surface area (Å²) in [5, 5.41) is 15.7. The van der Waals surface area contributed by atoms with E-state index in [0.29, 0.717) is 5.56 Å². The van der Waals surface area contributed by atoms with Crippen molar-refractivity contribution in [1.29, 1.82) is 0 Å². The van der Waals surface area contributed by atoms with Gasteiger partial charge in [-0.3, -0.25) is 0 Å². The van der Waals surface area contributed by atoms with Crippen molar-refractivity contribution >= 4 is 18.1 Å². The molecule has 1 rings (SSSR count). The molecule has 0 radical (unpaired) electrons. The zero-order valence-corrected chi connectivity index (χ0v) is 7.79. The molecular formula is C9H10N4O2. The lowest BCUT2D eigenvalue weighted by molar-refractivity contribution is 0.0697. The highest BCUT2D eigenvalue weighted by atomic mass is 16.4. The zero-order valence-electron chi connectivity index (χ0n) is 7.79. The van der Waals surface area contributed by atoms with Gasteiger partial charge in [-0.15, -0.1) is 5.10 Å². The second-order valence-electron chi connectivity index (χ2n) is 2.66. The minimum atomic E-state index is -1.03. The summed E-state index contributed by atoms with van der Waals surface area (Å²) in [4.78, 5) is 10.8. The van der Waals surface area contributed by atoms with E-state index in [9.17, 15) is 4.79 Å². The predicted octanol–water partition coefficient (Wildman–Crippen LogP) is -0.00790. The van der Waals surface area contributed by atoms with Gasteiger partial charge in [-0.05, 0) is 6.07 Å². The molecule has 0 saturated heterocycles. The lowest BCUT2D eigenvalue weighted by Crippen LogP contribution is -2.21. The van der Waals surface area contributed by atoms with E-state index in [1.165, 1.54) is 12.3 Å². The smallest absolute Gasteiger partial charge is 0.336 e. The number of aromatic carboxylic acids is 1. The summed E-state index contributed by atoms with van der Waals surface area (Å²) in [6.07, 6.45) is 1.28. The molecule has 15 heavy (non-hydrogen) atoms. The molecular weight excluding hydrogens is 196 g/mol. The van der Waals surface area contributed by atoms with Crippen LogP contribution in [0, 0.1) is 0 Å². The normalized spacial score (nSPS) is 10.1. The second kappa shape index (κ2) is 4.75. The topological polar surface area (TPSA) is 114 Å². The first-order chi connectivity index (χ1) is 7.11. The van der Waals surface area contributed by atoms with Crippen LogP contribution in [0.25, 0.3) is 0 Å². The Hall–Kier alpha value is -2.37. The molecule has 1 aromatic carbocycles. The molecule has 0 aliphatic rings. The van der Waals surface area contributed by atoms with Crippen LogP contribution in [0.3, 0.4) is 0 Å². The van der Waals surface area contributed by atoms with E-state index in [1.54, 1.807) is 18.2 Å². The van der Waals surface area contributed by atoms with Crippen LogP contribution in [-0.4, -0.2) is 23.2 Å². The van der Waals surface area contributed by atoms with Gasteiger partial charge in [-0.1, -0.05) is 18.2 Å². The molecule has 0 bridgehead atoms. The van der Waals surface area contributed by atoms with Crippen molar-refractivity contribution in [1.82, 2.24) is 0 Å². The molecule has 0 heterocycles. The Bertz CT molecular complexity index is 422. The van der Waals surface area contributed by atoms with Crippen LogP contribution in [0.2, 0.25) is 0 Å². The fraction of sp³-hybridized carbons (Fsp3) is 0. The number of carbonyl (C=O) groups is 1. The highest BCUT2D eigenvalue weighted by Gasteiger charge is 2.06. The molecule has 78 valence electrons. The highest BCUT2D eigenvalue weighted by molar-refractivity contribution is 5.98. The Labute approximate surface area is 85.9 Å². The van der Waals surface area contributed by atoms with Crippen LogP contribution < -0.4 is 11.5 Å². The van der Waals surface area contributed by atoms with Gasteiger partial charge in [0.05, 0.1) is 11.8 Å². The summed E-state index contributed by atoms with van der Waals surface area (Å²) in [6, 6.07) is 6.40. The van der Waals surface area contributed by atoms with Crippen molar-refractivity contribution in [3.05, 3.63) is 35.4 Å². The van der Waals surface area contributed by atoms with Gasteiger partial charge in [-0.2, -0.15) is 5.10 Å². The molecule has 6 heteroatoms. The van der Waals surface area contributed by atoms with Crippen molar-refractivity contribution in [2.45, 2.75) is 0 Å². The maximum Gasteiger partial charge on any atom is 0.336 e. The number of carboxylic acids is 1. The maximum absolute atomic E-state index is 10.8. The van der Waals surface area contributed by atoms with Gasteiger partial charge >= 0.3 is 5.97 Å². The summed E-state index contributed by atoms with van der Waals surface area (Å²) in [5.74, 6) is -1.21. The van der Waals surface area contributed by atoms with Crippen LogP contribution in [0.5, 0.6) is 0 Å². The fourth-order valence-corrected chi connectivity index (χ4v) is 0.962. The van der Waals surface area contributed by atoms with Gasteiger partial charge in [0.15, 0.2) is 0 Å². The molecule has 5 N–H and O–H groups in total. The van der Waals surface area contributed by atoms with Crippen molar-refractivity contribution in [3.63, 3.8) is 0 Å². The molecule has 0 fully saturated rings. The van der Waals surface area contributed by atoms with Gasteiger partial charge in [0.25, 0.3) is 0 Å². The number of guanidine groups is 1. The molecule has 0 amide bonds. The average molecular weight is 206 g/mol. The van der Waals surface area contributed by atoms with E-state index in [2.05, 4.69) is 10.2 Å². The van der Waals surface area contributed by atoms with Crippen molar-refractivity contribution < 1.29 is 9.90 Å². The molecule has 1 aromatic rings. The number of benzene rings is 1. The van der Waals surface area contributed by atoms with Gasteiger partial charge < -0.3 is 16.6 Å². The number of hydrogen-bond acceptors (Lipinski definition) is 3. The number of rotatable bonds is 3. The molecule has 0 atom stereocenters. The number of nitrogens with zero attached hydrogens (tertiary/aromatic N) is 2. The molecule has 0 unspecified atom stereocenters. The van der Waals surface area contributed by atoms with E-state index in [0.717, 1.165) is 0 Å². The minimum absolute atomic E-state index is 0.145. The Morgan fingerprint density at radius 1 is 1.33 bits per heavy atom. The SMILES string of the molecule is NC(N)=NN=Cc1ccccc1C(=O)O. The van der Waals surface area contributed by atoms with Crippen LogP contribution in [0.1, 0.15) is 15.9 Å². The quantitative estimate of drug-likeness (QED) is 0.366. The monoisotopic (exact) mass is 206 g/mol. The van der Waals surface area contributed by atoms with Crippen LogP contribution in [0.4, 0.5) is 0 Å². The Kier molecular flexibility index (Phi) is 3.39. The summed E-state index contributed by atoms with van der Waals surface area (Å²) in [5.41, 5.74) is 10.7. The largest absolute Gasteiger partial charge is 0.478 e. The third-order valence-electron chi connectivity index (χ3n) is 1.56. The van der Waals surface area contributed by atoms with E-state index in [4.69, 9.17) is 16.6 Å². The van der Waals surface area contributed by atoms with Gasteiger partial charge in [0, 0.05) is 5.56 Å². The van der Waals surface area contributed by atoms with E-state index >= 15 is 0 Å². The first kappa shape index (κ1) is 10.7. The van der Waals surface area contributed by atoms with E-state index < -0.39 is 5.97 Å². The predicted molar refractivity (Wildman–Crippen MR) is 56.8 cm³/mol. The molecule has 0 aliphatic carbocycles. The molecule has 0 spiro atoms. The van der Waals surface area contributed by atoms with Crippen LogP contribution in [-0.2, 0) is 0 Å². The first-order valence-electron chi connectivity index (χ1n) is 4.05. The van der Waals surface area contributed by atoms with Crippen molar-refractivity contribution in [2.75, 3.05) is 0 Å². The van der Waals surface area contributed by atoms with E-state index in [-0.39, 0.29) is 11.5 Å². The fourth-order valence-electron chi connectivity index (χ4n) is 0.962. The van der Waals surface area contributed by atoms with E-state index in [1.807, 2.05) is 0 Å². The Morgan fingerprint density at radius 2 is 2.00 bits per heavy atom. The zero-order chi connectivity index (χ0) is 11.3. The Morgan fingerprint density at radius 3 is 2.60 bits per heavy atom. The molecule has 0 aromatic heterocycles. The summed E-state index contributed by atoms with van der Waals surface area (Å²) >= 11 is 0. The second-order valence-corrected chi connectivity index (χ2v) is 2.66. The Balaban J connectivity index is 2.99. The first-order valence-corrected chi connectivity index (χ1v) is 4.05. The van der Waals surface area contributed by atoms with Crippen molar-refractivity contribution in [2.24, 2.45) is 21.7 Å². The summed E-state index contributed by atoms with van der Waals surface area (Å²) in [7, 11) is 0. The third kappa shape index (κ3) is 3.11. The molecule has 0 saturated carbocycles. The standard InChI is InChI=1S/C9H10N4O2/c10-9(11)13-12-5-6-3-1-2-4-7(6)8(14)15/h1-5H,(H,14,15)(H4,10,11,13). The van der Waals surface area contributed by atoms with Crippen LogP contribution in [0.15, 0.2) is 34.5 Å². The highest BCUT2D eigenvalue weighted by Crippen LogP contribution is 2.05. The average Bonchev–Trinajstić information content (AvgIpc) is 2.17. The lowest BCUT2D eigenvalue weighted by Gasteiger charge is -1.97. The number of carboxylic acid groups (broad SMARTS) is 1. The molecule has 6 nitrogen and oxygen atoms in total. The molecule has 0 aliphatic heterocycles. The summed E-state index contributed by atoms with van der Waals surface area (Å²) < 4.78 is 0. The van der Waals surface area contributed by atoms with Gasteiger partial charge in [0.1, 0.15) is 0 Å². The van der Waals surface area contributed by atoms with Gasteiger partial charge in [-0.25, -0.2) is 4.79 Å². The minimum Gasteiger partial charge on any atom is -0.478 e. The third-order valence-corrected chi connectivity index (χ3v) is 1.56.